The predicted octanol–water partition coefficient (Wildman–Crippen LogP) is 0.984. The Balaban J connectivity index is 2.46. The smallest absolute Gasteiger partial charge is 0.136 e. The number of ketones is 1. The standard InChI is InChI=1S/C8H14O2/c1-6(5-9)7-3-2-4-8(7)10/h6-7,9H,2-5H2,1H3. The highest BCUT2D eigenvalue weighted by atomic mass is 16.3. The molecule has 0 spiro atoms. The molecule has 0 saturated heterocycles. The van der Waals surface area contributed by atoms with Gasteiger partial charge in [0.25, 0.3) is 0 Å². The maximum Gasteiger partial charge on any atom is 0.136 e. The van der Waals surface area contributed by atoms with Gasteiger partial charge in [0.2, 0.25) is 0 Å². The van der Waals surface area contributed by atoms with Crippen molar-refractivity contribution >= 4 is 5.78 Å². The molecular formula is C8H14O2. The van der Waals surface area contributed by atoms with Crippen molar-refractivity contribution in [2.24, 2.45) is 11.8 Å². The van der Waals surface area contributed by atoms with Crippen LogP contribution in [-0.4, -0.2) is 17.5 Å². The van der Waals surface area contributed by atoms with Crippen LogP contribution in [-0.2, 0) is 4.79 Å². The van der Waals surface area contributed by atoms with E-state index in [4.69, 9.17) is 5.11 Å². The lowest BCUT2D eigenvalue weighted by Gasteiger charge is -2.13. The summed E-state index contributed by atoms with van der Waals surface area (Å²) in [6.07, 6.45) is 2.74. The second-order valence-corrected chi connectivity index (χ2v) is 3.12. The van der Waals surface area contributed by atoms with Crippen LogP contribution in [0.25, 0.3) is 0 Å². The molecule has 0 aromatic carbocycles. The normalized spacial score (nSPS) is 29.0. The number of carbonyl (C=O) groups excluding carboxylic acids is 1. The van der Waals surface area contributed by atoms with E-state index in [1.165, 1.54) is 0 Å². The monoisotopic (exact) mass is 142 g/mol. The molecule has 0 amide bonds. The van der Waals surface area contributed by atoms with E-state index >= 15 is 0 Å². The van der Waals surface area contributed by atoms with Gasteiger partial charge in [-0.1, -0.05) is 6.92 Å². The van der Waals surface area contributed by atoms with Crippen LogP contribution in [0.2, 0.25) is 0 Å². The Kier molecular flexibility index (Phi) is 2.44. The predicted molar refractivity (Wildman–Crippen MR) is 38.6 cm³/mol. The SMILES string of the molecule is CC(CO)C1CCCC1=O. The summed E-state index contributed by atoms with van der Waals surface area (Å²) >= 11 is 0. The minimum Gasteiger partial charge on any atom is -0.396 e. The van der Waals surface area contributed by atoms with Crippen LogP contribution in [0.4, 0.5) is 0 Å². The molecule has 1 N–H and O–H groups in total. The fraction of sp³-hybridized carbons (Fsp3) is 0.875. The molecule has 2 unspecified atom stereocenters. The van der Waals surface area contributed by atoms with E-state index in [0.717, 1.165) is 19.3 Å². The number of carbonyl (C=O) groups is 1. The molecule has 2 nitrogen and oxygen atoms in total. The lowest BCUT2D eigenvalue weighted by molar-refractivity contribution is -0.122. The van der Waals surface area contributed by atoms with Crippen LogP contribution < -0.4 is 0 Å². The molecule has 0 heterocycles. The first kappa shape index (κ1) is 7.73. The van der Waals surface area contributed by atoms with Crippen LogP contribution in [0.5, 0.6) is 0 Å². The second kappa shape index (κ2) is 3.15. The third kappa shape index (κ3) is 1.37. The fourth-order valence-corrected chi connectivity index (χ4v) is 1.57. The molecular weight excluding hydrogens is 128 g/mol. The second-order valence-electron chi connectivity index (χ2n) is 3.12. The first-order chi connectivity index (χ1) is 4.75. The summed E-state index contributed by atoms with van der Waals surface area (Å²) < 4.78 is 0. The van der Waals surface area contributed by atoms with Gasteiger partial charge in [0.15, 0.2) is 0 Å². The summed E-state index contributed by atoms with van der Waals surface area (Å²) in [4.78, 5) is 11.1. The molecule has 58 valence electrons. The van der Waals surface area contributed by atoms with Gasteiger partial charge < -0.3 is 5.11 Å². The van der Waals surface area contributed by atoms with Gasteiger partial charge in [-0.25, -0.2) is 0 Å². The van der Waals surface area contributed by atoms with E-state index < -0.39 is 0 Å². The topological polar surface area (TPSA) is 37.3 Å². The zero-order chi connectivity index (χ0) is 7.56. The lowest BCUT2D eigenvalue weighted by Crippen LogP contribution is -2.18. The third-order valence-electron chi connectivity index (χ3n) is 2.33. The first-order valence-corrected chi connectivity index (χ1v) is 3.89. The van der Waals surface area contributed by atoms with E-state index in [9.17, 15) is 4.79 Å². The summed E-state index contributed by atoms with van der Waals surface area (Å²) in [5, 5.41) is 8.76. The number of rotatable bonds is 2. The number of Topliss-reactive ketones (excluding diaryl/α,β-unsaturated/α-hetero) is 1. The molecule has 0 aliphatic heterocycles. The summed E-state index contributed by atoms with van der Waals surface area (Å²) in [5.74, 6) is 0.682. The van der Waals surface area contributed by atoms with Crippen LogP contribution in [0.3, 0.4) is 0 Å². The third-order valence-corrected chi connectivity index (χ3v) is 2.33. The molecule has 0 radical (unpaired) electrons. The van der Waals surface area contributed by atoms with Crippen LogP contribution in [0, 0.1) is 11.8 Å². The minimum absolute atomic E-state index is 0.149. The van der Waals surface area contributed by atoms with Crippen molar-refractivity contribution in [1.82, 2.24) is 0 Å². The van der Waals surface area contributed by atoms with E-state index in [1.54, 1.807) is 0 Å². The van der Waals surface area contributed by atoms with Crippen molar-refractivity contribution < 1.29 is 9.90 Å². The molecule has 2 atom stereocenters. The molecule has 1 saturated carbocycles. The average Bonchev–Trinajstić information content (AvgIpc) is 2.34. The van der Waals surface area contributed by atoms with Crippen molar-refractivity contribution in [2.75, 3.05) is 6.61 Å². The van der Waals surface area contributed by atoms with Crippen molar-refractivity contribution in [2.45, 2.75) is 26.2 Å². The Bertz CT molecular complexity index is 131. The fourth-order valence-electron chi connectivity index (χ4n) is 1.57. The van der Waals surface area contributed by atoms with Gasteiger partial charge in [-0.2, -0.15) is 0 Å². The quantitative estimate of drug-likeness (QED) is 0.624. The molecule has 0 bridgehead atoms. The molecule has 1 fully saturated rings. The number of hydrogen-bond donors (Lipinski definition) is 1. The highest BCUT2D eigenvalue weighted by Gasteiger charge is 2.28. The Labute approximate surface area is 61.2 Å². The molecule has 1 aliphatic carbocycles. The number of aliphatic hydroxyl groups excluding tert-OH is 1. The van der Waals surface area contributed by atoms with Crippen molar-refractivity contribution in [1.29, 1.82) is 0 Å². The Hall–Kier alpha value is -0.370. The highest BCUT2D eigenvalue weighted by Crippen LogP contribution is 2.27. The van der Waals surface area contributed by atoms with Crippen molar-refractivity contribution in [3.8, 4) is 0 Å². The molecule has 1 rings (SSSR count). The van der Waals surface area contributed by atoms with Crippen LogP contribution in [0.15, 0.2) is 0 Å². The molecule has 1 aliphatic rings. The Morgan fingerprint density at radius 2 is 2.50 bits per heavy atom. The lowest BCUT2D eigenvalue weighted by atomic mass is 9.93. The summed E-state index contributed by atoms with van der Waals surface area (Å²) in [6, 6.07) is 0. The zero-order valence-corrected chi connectivity index (χ0v) is 6.34. The Morgan fingerprint density at radius 3 is 2.90 bits per heavy atom. The maximum atomic E-state index is 11.1. The average molecular weight is 142 g/mol. The van der Waals surface area contributed by atoms with Gasteiger partial charge in [0.05, 0.1) is 0 Å². The van der Waals surface area contributed by atoms with E-state index in [2.05, 4.69) is 0 Å². The summed E-state index contributed by atoms with van der Waals surface area (Å²) in [5.41, 5.74) is 0. The van der Waals surface area contributed by atoms with Gasteiger partial charge >= 0.3 is 0 Å². The van der Waals surface area contributed by atoms with Gasteiger partial charge in [0.1, 0.15) is 5.78 Å². The van der Waals surface area contributed by atoms with Crippen LogP contribution >= 0.6 is 0 Å². The van der Waals surface area contributed by atoms with Gasteiger partial charge in [-0.3, -0.25) is 4.79 Å². The van der Waals surface area contributed by atoms with Gasteiger partial charge in [0, 0.05) is 18.9 Å². The van der Waals surface area contributed by atoms with Crippen molar-refractivity contribution in [3.63, 3.8) is 0 Å². The summed E-state index contributed by atoms with van der Waals surface area (Å²) in [7, 11) is 0. The minimum atomic E-state index is 0.149. The number of aliphatic hydroxyl groups is 1. The molecule has 0 aromatic rings. The maximum absolute atomic E-state index is 11.1. The van der Waals surface area contributed by atoms with Crippen molar-refractivity contribution in [3.05, 3.63) is 0 Å². The van der Waals surface area contributed by atoms with E-state index in [0.29, 0.717) is 5.78 Å². The van der Waals surface area contributed by atoms with E-state index in [1.807, 2.05) is 6.92 Å². The largest absolute Gasteiger partial charge is 0.396 e. The summed E-state index contributed by atoms with van der Waals surface area (Å²) in [6.45, 7) is 2.09. The molecule has 2 heteroatoms. The zero-order valence-electron chi connectivity index (χ0n) is 6.34. The van der Waals surface area contributed by atoms with Crippen LogP contribution in [0.1, 0.15) is 26.2 Å². The van der Waals surface area contributed by atoms with E-state index in [-0.39, 0.29) is 18.4 Å². The number of hydrogen-bond acceptors (Lipinski definition) is 2. The first-order valence-electron chi connectivity index (χ1n) is 3.89. The van der Waals surface area contributed by atoms with Gasteiger partial charge in [-0.15, -0.1) is 0 Å². The Morgan fingerprint density at radius 1 is 1.80 bits per heavy atom. The molecule has 10 heavy (non-hydrogen) atoms. The van der Waals surface area contributed by atoms with Gasteiger partial charge in [-0.05, 0) is 18.8 Å². The molecule has 0 aromatic heterocycles. The highest BCUT2D eigenvalue weighted by molar-refractivity contribution is 5.83.